The fourth-order valence-electron chi connectivity index (χ4n) is 4.14. The predicted octanol–water partition coefficient (Wildman–Crippen LogP) is 3.45. The predicted molar refractivity (Wildman–Crippen MR) is 117 cm³/mol. The maximum Gasteiger partial charge on any atom is 0.305 e. The van der Waals surface area contributed by atoms with Crippen molar-refractivity contribution in [3.05, 3.63) is 58.6 Å². The Labute approximate surface area is 190 Å². The Kier molecular flexibility index (Phi) is 6.34. The van der Waals surface area contributed by atoms with Gasteiger partial charge in [-0.1, -0.05) is 23.7 Å². The standard InChI is InChI=1S/C23H23ClN2O6/c1-26-18-8-7-14(11-21(27)28)32-20(18)12-31-19-9-6-13(10-16(19)23(26)30)25-22(29)15-4-2-3-5-17(15)24/h2-6,9-10,14,18,20H,7-8,11-12H2,1H3,(H,25,29)(H,27,28)/t14-,18+,20+/m0/s1. The number of amides is 2. The van der Waals surface area contributed by atoms with Gasteiger partial charge in [0.1, 0.15) is 18.5 Å². The number of carboxylic acid groups (broad SMARTS) is 1. The maximum absolute atomic E-state index is 13.2. The second kappa shape index (κ2) is 9.18. The van der Waals surface area contributed by atoms with E-state index in [-0.39, 0.29) is 30.9 Å². The van der Waals surface area contributed by atoms with Gasteiger partial charge in [0.15, 0.2) is 0 Å². The number of ether oxygens (including phenoxy) is 2. The summed E-state index contributed by atoms with van der Waals surface area (Å²) in [6.45, 7) is 0.191. The monoisotopic (exact) mass is 458 g/mol. The summed E-state index contributed by atoms with van der Waals surface area (Å²) in [4.78, 5) is 38.5. The number of carbonyl (C=O) groups excluding carboxylic acids is 2. The summed E-state index contributed by atoms with van der Waals surface area (Å²) < 4.78 is 11.8. The van der Waals surface area contributed by atoms with E-state index in [1.165, 1.54) is 0 Å². The summed E-state index contributed by atoms with van der Waals surface area (Å²) in [5.41, 5.74) is 1.10. The van der Waals surface area contributed by atoms with Crippen LogP contribution in [0.3, 0.4) is 0 Å². The van der Waals surface area contributed by atoms with Crippen molar-refractivity contribution in [3.8, 4) is 5.75 Å². The zero-order valence-corrected chi connectivity index (χ0v) is 18.2. The summed E-state index contributed by atoms with van der Waals surface area (Å²) >= 11 is 6.10. The highest BCUT2D eigenvalue weighted by Crippen LogP contribution is 2.32. The molecule has 0 radical (unpaired) electrons. The lowest BCUT2D eigenvalue weighted by Crippen LogP contribution is -2.53. The normalized spacial score (nSPS) is 22.6. The highest BCUT2D eigenvalue weighted by molar-refractivity contribution is 6.34. The molecule has 32 heavy (non-hydrogen) atoms. The number of nitrogens with one attached hydrogen (secondary N) is 1. The summed E-state index contributed by atoms with van der Waals surface area (Å²) in [6.07, 6.45) is 0.265. The third-order valence-corrected chi connectivity index (χ3v) is 6.12. The van der Waals surface area contributed by atoms with Gasteiger partial charge in [-0.2, -0.15) is 0 Å². The van der Waals surface area contributed by atoms with Gasteiger partial charge in [-0.15, -0.1) is 0 Å². The lowest BCUT2D eigenvalue weighted by atomic mass is 9.94. The summed E-state index contributed by atoms with van der Waals surface area (Å²) in [5, 5.41) is 12.2. The van der Waals surface area contributed by atoms with E-state index >= 15 is 0 Å². The number of fused-ring (bicyclic) bond motifs is 2. The van der Waals surface area contributed by atoms with Gasteiger partial charge in [-0.05, 0) is 43.2 Å². The second-order valence-electron chi connectivity index (χ2n) is 7.91. The Hall–Kier alpha value is -3.10. The SMILES string of the molecule is CN1C(=O)c2cc(NC(=O)c3ccccc3Cl)ccc2OC[C@H]2O[C@H](CC(=O)O)CC[C@H]21. The first-order valence-corrected chi connectivity index (χ1v) is 10.7. The number of halogens is 1. The van der Waals surface area contributed by atoms with Crippen molar-refractivity contribution >= 4 is 35.1 Å². The van der Waals surface area contributed by atoms with Crippen molar-refractivity contribution in [1.82, 2.24) is 4.90 Å². The molecule has 0 unspecified atom stereocenters. The number of hydrogen-bond donors (Lipinski definition) is 2. The average molecular weight is 459 g/mol. The number of carbonyl (C=O) groups is 3. The van der Waals surface area contributed by atoms with Crippen molar-refractivity contribution in [2.75, 3.05) is 19.0 Å². The molecule has 2 aliphatic rings. The Morgan fingerprint density at radius 2 is 2.00 bits per heavy atom. The second-order valence-corrected chi connectivity index (χ2v) is 8.32. The molecule has 2 aromatic rings. The van der Waals surface area contributed by atoms with Crippen LogP contribution in [0.4, 0.5) is 5.69 Å². The Bertz CT molecular complexity index is 1060. The molecule has 168 valence electrons. The van der Waals surface area contributed by atoms with Crippen LogP contribution in [0.5, 0.6) is 5.75 Å². The fourth-order valence-corrected chi connectivity index (χ4v) is 4.37. The van der Waals surface area contributed by atoms with E-state index < -0.39 is 18.2 Å². The zero-order valence-electron chi connectivity index (χ0n) is 17.4. The number of anilines is 1. The summed E-state index contributed by atoms with van der Waals surface area (Å²) in [7, 11) is 1.70. The molecule has 2 aromatic carbocycles. The lowest BCUT2D eigenvalue weighted by Gasteiger charge is -2.42. The Morgan fingerprint density at radius 1 is 1.22 bits per heavy atom. The van der Waals surface area contributed by atoms with Crippen LogP contribution in [-0.2, 0) is 9.53 Å². The third-order valence-electron chi connectivity index (χ3n) is 5.79. The van der Waals surface area contributed by atoms with Crippen LogP contribution < -0.4 is 10.1 Å². The van der Waals surface area contributed by atoms with Gasteiger partial charge < -0.3 is 24.8 Å². The molecule has 0 saturated carbocycles. The molecule has 1 saturated heterocycles. The molecule has 1 fully saturated rings. The molecule has 2 amide bonds. The first-order valence-electron chi connectivity index (χ1n) is 10.3. The quantitative estimate of drug-likeness (QED) is 0.727. The molecule has 2 heterocycles. The minimum atomic E-state index is -0.915. The van der Waals surface area contributed by atoms with Gasteiger partial charge in [0.05, 0.1) is 34.7 Å². The zero-order chi connectivity index (χ0) is 22.8. The molecule has 3 atom stereocenters. The van der Waals surface area contributed by atoms with Gasteiger partial charge in [0.25, 0.3) is 11.8 Å². The van der Waals surface area contributed by atoms with E-state index in [0.717, 1.165) is 0 Å². The summed E-state index contributed by atoms with van der Waals surface area (Å²) in [6, 6.07) is 11.3. The average Bonchev–Trinajstić information content (AvgIpc) is 2.76. The number of hydrogen-bond acceptors (Lipinski definition) is 5. The molecule has 2 N–H and O–H groups in total. The Morgan fingerprint density at radius 3 is 2.75 bits per heavy atom. The Balaban J connectivity index is 1.55. The molecular weight excluding hydrogens is 436 g/mol. The number of aliphatic carboxylic acids is 1. The number of carboxylic acids is 1. The van der Waals surface area contributed by atoms with Crippen LogP contribution in [0.15, 0.2) is 42.5 Å². The molecule has 0 bridgehead atoms. The topological polar surface area (TPSA) is 105 Å². The van der Waals surface area contributed by atoms with Crippen LogP contribution in [-0.4, -0.2) is 59.7 Å². The minimum Gasteiger partial charge on any atom is -0.490 e. The van der Waals surface area contributed by atoms with E-state index in [1.807, 2.05) is 0 Å². The number of rotatable bonds is 4. The van der Waals surface area contributed by atoms with E-state index in [4.69, 9.17) is 26.2 Å². The molecular formula is C23H23ClN2O6. The van der Waals surface area contributed by atoms with Crippen molar-refractivity contribution in [2.24, 2.45) is 0 Å². The maximum atomic E-state index is 13.2. The van der Waals surface area contributed by atoms with Crippen molar-refractivity contribution in [1.29, 1.82) is 0 Å². The van der Waals surface area contributed by atoms with Gasteiger partial charge in [-0.25, -0.2) is 0 Å². The number of likely N-dealkylation sites (N-methyl/N-ethyl adjacent to an activating group) is 1. The lowest BCUT2D eigenvalue weighted by molar-refractivity contribution is -0.148. The molecule has 0 aliphatic carbocycles. The van der Waals surface area contributed by atoms with Crippen LogP contribution in [0, 0.1) is 0 Å². The van der Waals surface area contributed by atoms with Gasteiger partial charge in [0, 0.05) is 12.7 Å². The highest BCUT2D eigenvalue weighted by Gasteiger charge is 2.39. The van der Waals surface area contributed by atoms with Gasteiger partial charge >= 0.3 is 5.97 Å². The molecule has 2 aliphatic heterocycles. The summed E-state index contributed by atoms with van der Waals surface area (Å²) in [5.74, 6) is -1.18. The number of nitrogens with zero attached hydrogens (tertiary/aromatic N) is 1. The fraction of sp³-hybridized carbons (Fsp3) is 0.348. The minimum absolute atomic E-state index is 0.0774. The molecule has 0 spiro atoms. The van der Waals surface area contributed by atoms with E-state index in [9.17, 15) is 14.4 Å². The van der Waals surface area contributed by atoms with Crippen LogP contribution in [0.2, 0.25) is 5.02 Å². The van der Waals surface area contributed by atoms with Gasteiger partial charge in [0.2, 0.25) is 0 Å². The van der Waals surface area contributed by atoms with E-state index in [2.05, 4.69) is 5.32 Å². The van der Waals surface area contributed by atoms with Crippen LogP contribution in [0.25, 0.3) is 0 Å². The van der Waals surface area contributed by atoms with Crippen molar-refractivity contribution in [2.45, 2.75) is 37.5 Å². The molecule has 8 nitrogen and oxygen atoms in total. The van der Waals surface area contributed by atoms with Gasteiger partial charge in [-0.3, -0.25) is 14.4 Å². The van der Waals surface area contributed by atoms with E-state index in [1.54, 1.807) is 54.4 Å². The first kappa shape index (κ1) is 22.1. The first-order chi connectivity index (χ1) is 15.3. The van der Waals surface area contributed by atoms with E-state index in [0.29, 0.717) is 40.4 Å². The molecule has 9 heteroatoms. The smallest absolute Gasteiger partial charge is 0.305 e. The highest BCUT2D eigenvalue weighted by atomic mass is 35.5. The molecule has 4 rings (SSSR count). The van der Waals surface area contributed by atoms with Crippen LogP contribution in [0.1, 0.15) is 40.0 Å². The number of benzene rings is 2. The van der Waals surface area contributed by atoms with Crippen molar-refractivity contribution in [3.63, 3.8) is 0 Å². The van der Waals surface area contributed by atoms with Crippen molar-refractivity contribution < 1.29 is 29.0 Å². The molecule has 0 aromatic heterocycles. The largest absolute Gasteiger partial charge is 0.490 e. The third kappa shape index (κ3) is 4.56. The van der Waals surface area contributed by atoms with Crippen LogP contribution >= 0.6 is 11.6 Å².